The Balaban J connectivity index is 1.45. The van der Waals surface area contributed by atoms with Crippen molar-refractivity contribution in [1.82, 2.24) is 9.55 Å². The summed E-state index contributed by atoms with van der Waals surface area (Å²) < 4.78 is 18.5. The lowest BCUT2D eigenvalue weighted by molar-refractivity contribution is -0.102. The van der Waals surface area contributed by atoms with Gasteiger partial charge in [-0.1, -0.05) is 48.5 Å². The molecule has 1 atom stereocenters. The van der Waals surface area contributed by atoms with Crippen LogP contribution < -0.4 is 10.4 Å². The Labute approximate surface area is 168 Å². The second kappa shape index (κ2) is 7.81. The molecular formula is C23H22N2O4. The minimum absolute atomic E-state index is 0.134. The van der Waals surface area contributed by atoms with Crippen LogP contribution in [0.15, 0.2) is 59.4 Å². The largest absolute Gasteiger partial charge is 0.475 e. The van der Waals surface area contributed by atoms with E-state index in [-0.39, 0.29) is 11.8 Å². The van der Waals surface area contributed by atoms with E-state index in [1.807, 2.05) is 24.3 Å². The second-order valence-corrected chi connectivity index (χ2v) is 7.28. The van der Waals surface area contributed by atoms with Crippen LogP contribution in [0, 0.1) is 0 Å². The van der Waals surface area contributed by atoms with Gasteiger partial charge < -0.3 is 14.2 Å². The topological polar surface area (TPSA) is 62.6 Å². The van der Waals surface area contributed by atoms with E-state index in [0.29, 0.717) is 38.9 Å². The van der Waals surface area contributed by atoms with Gasteiger partial charge in [0.2, 0.25) is 5.88 Å². The van der Waals surface area contributed by atoms with Gasteiger partial charge in [0, 0.05) is 18.2 Å². The number of ether oxygens (including phenoxy) is 3. The molecular weight excluding hydrogens is 368 g/mol. The molecule has 0 amide bonds. The van der Waals surface area contributed by atoms with Gasteiger partial charge in [0.05, 0.1) is 25.5 Å². The highest BCUT2D eigenvalue weighted by atomic mass is 16.6. The van der Waals surface area contributed by atoms with Gasteiger partial charge in [0.1, 0.15) is 12.7 Å². The van der Waals surface area contributed by atoms with Crippen LogP contribution in [0.4, 0.5) is 0 Å². The molecule has 0 bridgehead atoms. The molecule has 1 aromatic heterocycles. The molecule has 6 nitrogen and oxygen atoms in total. The first-order valence-corrected chi connectivity index (χ1v) is 9.91. The highest BCUT2D eigenvalue weighted by Crippen LogP contribution is 2.33. The normalized spacial score (nSPS) is 18.0. The number of rotatable bonds is 4. The average molecular weight is 390 g/mol. The molecule has 1 unspecified atom stereocenters. The maximum absolute atomic E-state index is 12.5. The smallest absolute Gasteiger partial charge is 0.351 e. The summed E-state index contributed by atoms with van der Waals surface area (Å²) in [6.07, 6.45) is 0.669. The Morgan fingerprint density at radius 2 is 1.97 bits per heavy atom. The molecule has 3 aromatic rings. The minimum atomic E-state index is -0.281. The molecule has 148 valence electrons. The van der Waals surface area contributed by atoms with E-state index in [9.17, 15) is 4.79 Å². The average Bonchev–Trinajstić information content (AvgIpc) is 2.78. The van der Waals surface area contributed by atoms with Gasteiger partial charge in [-0.05, 0) is 23.1 Å². The van der Waals surface area contributed by atoms with Gasteiger partial charge in [-0.2, -0.15) is 4.98 Å². The maximum atomic E-state index is 12.5. The third-order valence-corrected chi connectivity index (χ3v) is 5.38. The number of aromatic nitrogens is 2. The predicted molar refractivity (Wildman–Crippen MR) is 109 cm³/mol. The Hall–Kier alpha value is -2.96. The SMILES string of the molecule is O=c1nc(OCC2COCCO2)cc2n1CCc1cc(-c3ccccc3)ccc1-2. The minimum Gasteiger partial charge on any atom is -0.475 e. The van der Waals surface area contributed by atoms with Crippen molar-refractivity contribution in [2.24, 2.45) is 0 Å². The third kappa shape index (κ3) is 3.69. The molecule has 2 aliphatic rings. The van der Waals surface area contributed by atoms with Crippen LogP contribution in [0.3, 0.4) is 0 Å². The van der Waals surface area contributed by atoms with Crippen molar-refractivity contribution < 1.29 is 14.2 Å². The van der Waals surface area contributed by atoms with Crippen LogP contribution in [0.2, 0.25) is 0 Å². The summed E-state index contributed by atoms with van der Waals surface area (Å²) in [5.41, 5.74) is 5.22. The van der Waals surface area contributed by atoms with Crippen LogP contribution in [-0.4, -0.2) is 42.1 Å². The molecule has 1 saturated heterocycles. The molecule has 6 heteroatoms. The molecule has 5 rings (SSSR count). The molecule has 0 spiro atoms. The summed E-state index contributed by atoms with van der Waals surface area (Å²) in [6.45, 7) is 2.60. The van der Waals surface area contributed by atoms with Gasteiger partial charge >= 0.3 is 5.69 Å². The first-order valence-electron chi connectivity index (χ1n) is 9.91. The molecule has 3 heterocycles. The standard InChI is InChI=1S/C23H22N2O4/c26-23-24-22(29-15-19-14-27-10-11-28-19)13-21-20-7-6-17(16-4-2-1-3-5-16)12-18(20)8-9-25(21)23/h1-7,12-13,19H,8-11,14-15H2. The van der Waals surface area contributed by atoms with Crippen molar-refractivity contribution >= 4 is 0 Å². The third-order valence-electron chi connectivity index (χ3n) is 5.38. The number of hydrogen-bond donors (Lipinski definition) is 0. The number of benzene rings is 2. The number of fused-ring (bicyclic) bond motifs is 3. The summed E-state index contributed by atoms with van der Waals surface area (Å²) in [7, 11) is 0. The van der Waals surface area contributed by atoms with Crippen molar-refractivity contribution in [1.29, 1.82) is 0 Å². The number of nitrogens with zero attached hydrogens (tertiary/aromatic N) is 2. The van der Waals surface area contributed by atoms with E-state index in [2.05, 4.69) is 35.3 Å². The van der Waals surface area contributed by atoms with E-state index < -0.39 is 0 Å². The van der Waals surface area contributed by atoms with Crippen LogP contribution in [0.25, 0.3) is 22.4 Å². The zero-order valence-electron chi connectivity index (χ0n) is 16.0. The van der Waals surface area contributed by atoms with Crippen molar-refractivity contribution in [2.75, 3.05) is 26.4 Å². The van der Waals surface area contributed by atoms with E-state index in [1.165, 1.54) is 16.7 Å². The van der Waals surface area contributed by atoms with Crippen LogP contribution in [0.1, 0.15) is 5.56 Å². The summed E-state index contributed by atoms with van der Waals surface area (Å²) in [5, 5.41) is 0. The Kier molecular flexibility index (Phi) is 4.87. The highest BCUT2D eigenvalue weighted by molar-refractivity contribution is 5.73. The zero-order chi connectivity index (χ0) is 19.6. The first kappa shape index (κ1) is 18.1. The first-order chi connectivity index (χ1) is 14.3. The molecule has 0 radical (unpaired) electrons. The van der Waals surface area contributed by atoms with Gasteiger partial charge in [0.25, 0.3) is 0 Å². The Bertz CT molecular complexity index is 1070. The lowest BCUT2D eigenvalue weighted by Gasteiger charge is -2.24. The van der Waals surface area contributed by atoms with E-state index in [1.54, 1.807) is 4.57 Å². The lowest BCUT2D eigenvalue weighted by atomic mass is 9.93. The maximum Gasteiger partial charge on any atom is 0.351 e. The van der Waals surface area contributed by atoms with Crippen LogP contribution in [0.5, 0.6) is 5.88 Å². The number of hydrogen-bond acceptors (Lipinski definition) is 5. The monoisotopic (exact) mass is 390 g/mol. The fraction of sp³-hybridized carbons (Fsp3) is 0.304. The highest BCUT2D eigenvalue weighted by Gasteiger charge is 2.21. The van der Waals surface area contributed by atoms with Crippen LogP contribution in [-0.2, 0) is 22.4 Å². The summed E-state index contributed by atoms with van der Waals surface area (Å²) in [6, 6.07) is 18.6. The molecule has 0 N–H and O–H groups in total. The van der Waals surface area contributed by atoms with Gasteiger partial charge in [-0.3, -0.25) is 4.57 Å². The summed E-state index contributed by atoms with van der Waals surface area (Å²) in [5.74, 6) is 0.329. The zero-order valence-corrected chi connectivity index (χ0v) is 16.0. The summed E-state index contributed by atoms with van der Waals surface area (Å²) >= 11 is 0. The fourth-order valence-electron chi connectivity index (χ4n) is 3.90. The molecule has 2 aliphatic heterocycles. The van der Waals surface area contributed by atoms with Crippen LogP contribution >= 0.6 is 0 Å². The van der Waals surface area contributed by atoms with Gasteiger partial charge in [-0.15, -0.1) is 0 Å². The van der Waals surface area contributed by atoms with E-state index in [0.717, 1.165) is 17.7 Å². The Morgan fingerprint density at radius 3 is 2.79 bits per heavy atom. The molecule has 29 heavy (non-hydrogen) atoms. The van der Waals surface area contributed by atoms with E-state index >= 15 is 0 Å². The molecule has 1 fully saturated rings. The molecule has 2 aromatic carbocycles. The Morgan fingerprint density at radius 1 is 1.07 bits per heavy atom. The van der Waals surface area contributed by atoms with Crippen molar-refractivity contribution in [3.8, 4) is 28.3 Å². The lowest BCUT2D eigenvalue weighted by Crippen LogP contribution is -2.34. The second-order valence-electron chi connectivity index (χ2n) is 7.28. The predicted octanol–water partition coefficient (Wildman–Crippen LogP) is 2.93. The number of aryl methyl sites for hydroxylation is 1. The van der Waals surface area contributed by atoms with Crippen molar-refractivity contribution in [2.45, 2.75) is 19.1 Å². The fourth-order valence-corrected chi connectivity index (χ4v) is 3.90. The van der Waals surface area contributed by atoms with Crippen molar-refractivity contribution in [3.63, 3.8) is 0 Å². The quantitative estimate of drug-likeness (QED) is 0.686. The molecule has 0 aliphatic carbocycles. The van der Waals surface area contributed by atoms with Crippen molar-refractivity contribution in [3.05, 3.63) is 70.6 Å². The van der Waals surface area contributed by atoms with Gasteiger partial charge in [-0.25, -0.2) is 4.79 Å². The summed E-state index contributed by atoms with van der Waals surface area (Å²) in [4.78, 5) is 16.6. The molecule has 0 saturated carbocycles. The van der Waals surface area contributed by atoms with Gasteiger partial charge in [0.15, 0.2) is 0 Å². The van der Waals surface area contributed by atoms with E-state index in [4.69, 9.17) is 14.2 Å².